The highest BCUT2D eigenvalue weighted by Gasteiger charge is 2.17. The minimum atomic E-state index is 0.636. The molecule has 0 fully saturated rings. The number of hydrogen-bond donors (Lipinski definition) is 0. The zero-order valence-corrected chi connectivity index (χ0v) is 21.0. The number of aromatic nitrogens is 2. The fourth-order valence-corrected chi connectivity index (χ4v) is 5.73. The molecule has 8 rings (SSSR count). The third kappa shape index (κ3) is 3.52. The molecular formula is C36H22N2O. The largest absolute Gasteiger partial charge is 0.436 e. The van der Waals surface area contributed by atoms with E-state index >= 15 is 0 Å². The molecule has 2 heterocycles. The van der Waals surface area contributed by atoms with Crippen LogP contribution in [0, 0.1) is 0 Å². The Balaban J connectivity index is 1.35. The fraction of sp³-hybridized carbons (Fsp3) is 0. The summed E-state index contributed by atoms with van der Waals surface area (Å²) in [4.78, 5) is 9.47. The predicted molar refractivity (Wildman–Crippen MR) is 161 cm³/mol. The summed E-state index contributed by atoms with van der Waals surface area (Å²) in [6.45, 7) is 0. The van der Waals surface area contributed by atoms with Crippen molar-refractivity contribution in [2.24, 2.45) is 0 Å². The Morgan fingerprint density at radius 1 is 0.462 bits per heavy atom. The van der Waals surface area contributed by atoms with Gasteiger partial charge in [0.1, 0.15) is 5.52 Å². The molecule has 0 saturated heterocycles. The van der Waals surface area contributed by atoms with Crippen LogP contribution in [0.4, 0.5) is 0 Å². The van der Waals surface area contributed by atoms with E-state index in [-0.39, 0.29) is 0 Å². The number of pyridine rings is 1. The van der Waals surface area contributed by atoms with Crippen LogP contribution in [0.25, 0.3) is 77.3 Å². The molecule has 0 bridgehead atoms. The van der Waals surface area contributed by atoms with Crippen LogP contribution >= 0.6 is 0 Å². The molecular weight excluding hydrogens is 476 g/mol. The molecule has 0 radical (unpaired) electrons. The van der Waals surface area contributed by atoms with Crippen molar-refractivity contribution in [2.45, 2.75) is 0 Å². The Morgan fingerprint density at radius 3 is 1.67 bits per heavy atom. The lowest BCUT2D eigenvalue weighted by atomic mass is 9.86. The smallest absolute Gasteiger partial charge is 0.227 e. The molecule has 0 aliphatic carbocycles. The second kappa shape index (κ2) is 8.64. The van der Waals surface area contributed by atoms with Gasteiger partial charge in [-0.1, -0.05) is 91.0 Å². The van der Waals surface area contributed by atoms with Gasteiger partial charge in [-0.3, -0.25) is 4.98 Å². The summed E-state index contributed by atoms with van der Waals surface area (Å²) in [6.07, 6.45) is 2.01. The summed E-state index contributed by atoms with van der Waals surface area (Å²) < 4.78 is 6.02. The molecule has 0 aliphatic heterocycles. The van der Waals surface area contributed by atoms with Crippen LogP contribution in [0.5, 0.6) is 0 Å². The molecule has 0 amide bonds. The predicted octanol–water partition coefficient (Wildman–Crippen LogP) is 9.68. The van der Waals surface area contributed by atoms with Crippen molar-refractivity contribution >= 4 is 43.5 Å². The summed E-state index contributed by atoms with van der Waals surface area (Å²) in [6, 6.07) is 44.3. The Bertz CT molecular complexity index is 2080. The van der Waals surface area contributed by atoms with E-state index in [0.29, 0.717) is 5.89 Å². The number of para-hydroxylation sites is 3. The number of nitrogens with zero attached hydrogens (tertiary/aromatic N) is 2. The fourth-order valence-electron chi connectivity index (χ4n) is 5.73. The van der Waals surface area contributed by atoms with Crippen molar-refractivity contribution in [1.82, 2.24) is 9.97 Å². The molecule has 0 saturated carbocycles. The van der Waals surface area contributed by atoms with Crippen LogP contribution in [0.15, 0.2) is 138 Å². The van der Waals surface area contributed by atoms with Crippen LogP contribution in [0.3, 0.4) is 0 Å². The lowest BCUT2D eigenvalue weighted by Crippen LogP contribution is -1.91. The van der Waals surface area contributed by atoms with E-state index in [1.165, 1.54) is 32.7 Å². The van der Waals surface area contributed by atoms with Crippen LogP contribution in [-0.2, 0) is 0 Å². The average molecular weight is 499 g/mol. The summed E-state index contributed by atoms with van der Waals surface area (Å²) in [5.74, 6) is 0.636. The monoisotopic (exact) mass is 498 g/mol. The maximum absolute atomic E-state index is 6.02. The first-order valence-electron chi connectivity index (χ1n) is 13.1. The van der Waals surface area contributed by atoms with Crippen LogP contribution < -0.4 is 0 Å². The number of hydrogen-bond acceptors (Lipinski definition) is 3. The summed E-state index contributed by atoms with van der Waals surface area (Å²) >= 11 is 0. The Kier molecular flexibility index (Phi) is 4.82. The highest BCUT2D eigenvalue weighted by molar-refractivity contribution is 6.21. The minimum absolute atomic E-state index is 0.636. The molecule has 39 heavy (non-hydrogen) atoms. The molecule has 2 aromatic heterocycles. The summed E-state index contributed by atoms with van der Waals surface area (Å²) in [7, 11) is 0. The van der Waals surface area contributed by atoms with Crippen molar-refractivity contribution in [1.29, 1.82) is 0 Å². The maximum Gasteiger partial charge on any atom is 0.227 e. The first-order valence-corrected chi connectivity index (χ1v) is 13.1. The first-order chi connectivity index (χ1) is 19.3. The quantitative estimate of drug-likeness (QED) is 0.228. The molecule has 8 aromatic rings. The van der Waals surface area contributed by atoms with E-state index in [4.69, 9.17) is 9.40 Å². The van der Waals surface area contributed by atoms with Gasteiger partial charge in [0.15, 0.2) is 5.58 Å². The molecule has 0 spiro atoms. The van der Waals surface area contributed by atoms with E-state index in [2.05, 4.69) is 102 Å². The molecule has 6 aromatic carbocycles. The van der Waals surface area contributed by atoms with Crippen molar-refractivity contribution in [3.63, 3.8) is 0 Å². The Morgan fingerprint density at radius 2 is 1.00 bits per heavy atom. The van der Waals surface area contributed by atoms with Crippen molar-refractivity contribution in [3.05, 3.63) is 134 Å². The second-order valence-electron chi connectivity index (χ2n) is 9.82. The number of rotatable bonds is 3. The molecule has 0 atom stereocenters. The van der Waals surface area contributed by atoms with Gasteiger partial charge in [-0.2, -0.15) is 0 Å². The van der Waals surface area contributed by atoms with Gasteiger partial charge in [-0.05, 0) is 74.6 Å². The van der Waals surface area contributed by atoms with Gasteiger partial charge in [0.25, 0.3) is 0 Å². The molecule has 0 N–H and O–H groups in total. The third-order valence-corrected chi connectivity index (χ3v) is 7.53. The highest BCUT2D eigenvalue weighted by Crippen LogP contribution is 2.44. The second-order valence-corrected chi connectivity index (χ2v) is 9.82. The van der Waals surface area contributed by atoms with Gasteiger partial charge in [-0.25, -0.2) is 4.98 Å². The van der Waals surface area contributed by atoms with E-state index in [1.807, 2.05) is 36.5 Å². The SMILES string of the molecule is c1ccc2ncc(-c3c4ccccc4c(-c4ccc(-c5nc6ccccc6o5)cc4)c4ccccc34)cc2c1. The maximum atomic E-state index is 6.02. The Hall–Kier alpha value is -5.28. The minimum Gasteiger partial charge on any atom is -0.436 e. The van der Waals surface area contributed by atoms with E-state index < -0.39 is 0 Å². The highest BCUT2D eigenvalue weighted by atomic mass is 16.3. The zero-order chi connectivity index (χ0) is 25.8. The van der Waals surface area contributed by atoms with Crippen molar-refractivity contribution in [2.75, 3.05) is 0 Å². The number of oxazole rings is 1. The molecule has 3 heteroatoms. The number of fused-ring (bicyclic) bond motifs is 4. The van der Waals surface area contributed by atoms with E-state index in [0.717, 1.165) is 38.7 Å². The van der Waals surface area contributed by atoms with Gasteiger partial charge in [0, 0.05) is 22.7 Å². The van der Waals surface area contributed by atoms with Crippen molar-refractivity contribution < 1.29 is 4.42 Å². The molecule has 3 nitrogen and oxygen atoms in total. The lowest BCUT2D eigenvalue weighted by Gasteiger charge is -2.18. The van der Waals surface area contributed by atoms with Gasteiger partial charge < -0.3 is 4.42 Å². The van der Waals surface area contributed by atoms with Crippen LogP contribution in [0.2, 0.25) is 0 Å². The van der Waals surface area contributed by atoms with Gasteiger partial charge >= 0.3 is 0 Å². The Labute approximate surface area is 225 Å². The van der Waals surface area contributed by atoms with Crippen molar-refractivity contribution in [3.8, 4) is 33.7 Å². The van der Waals surface area contributed by atoms with Crippen LogP contribution in [0.1, 0.15) is 0 Å². The van der Waals surface area contributed by atoms with Gasteiger partial charge in [-0.15, -0.1) is 0 Å². The van der Waals surface area contributed by atoms with Crippen LogP contribution in [-0.4, -0.2) is 9.97 Å². The topological polar surface area (TPSA) is 38.9 Å². The first kappa shape index (κ1) is 21.8. The van der Waals surface area contributed by atoms with E-state index in [9.17, 15) is 0 Å². The van der Waals surface area contributed by atoms with Gasteiger partial charge in [0.2, 0.25) is 5.89 Å². The molecule has 0 aliphatic rings. The third-order valence-electron chi connectivity index (χ3n) is 7.53. The summed E-state index contributed by atoms with van der Waals surface area (Å²) in [5, 5.41) is 6.00. The normalized spacial score (nSPS) is 11.6. The van der Waals surface area contributed by atoms with E-state index in [1.54, 1.807) is 0 Å². The number of benzene rings is 6. The summed E-state index contributed by atoms with van der Waals surface area (Å²) in [5.41, 5.74) is 8.35. The lowest BCUT2D eigenvalue weighted by molar-refractivity contribution is 0.620. The molecule has 182 valence electrons. The average Bonchev–Trinajstić information content (AvgIpc) is 3.44. The van der Waals surface area contributed by atoms with Gasteiger partial charge in [0.05, 0.1) is 5.52 Å². The standard InChI is InChI=1S/C36H22N2O/c1-6-14-31-25(9-1)21-26(22-37-31)35-29-12-4-2-10-27(29)34(28-11-3-5-13-30(28)35)23-17-19-24(20-18-23)36-38-32-15-7-8-16-33(32)39-36/h1-22H. The zero-order valence-electron chi connectivity index (χ0n) is 21.0. The molecule has 0 unspecified atom stereocenters.